The van der Waals surface area contributed by atoms with E-state index in [0.717, 1.165) is 10.5 Å². The Kier molecular flexibility index (Phi) is 10.6. The Labute approximate surface area is 264 Å². The first-order valence-corrected chi connectivity index (χ1v) is 14.7. The van der Waals surface area contributed by atoms with Crippen molar-refractivity contribution < 1.29 is 33.4 Å². The second-order valence-electron chi connectivity index (χ2n) is 8.65. The molecule has 0 radical (unpaired) electrons. The zero-order valence-corrected chi connectivity index (χ0v) is 26.2. The van der Waals surface area contributed by atoms with E-state index in [1.807, 2.05) is 25.1 Å². The number of halogens is 3. The van der Waals surface area contributed by atoms with Crippen LogP contribution in [-0.4, -0.2) is 48.2 Å². The van der Waals surface area contributed by atoms with E-state index < -0.39 is 29.6 Å². The standard InChI is InChI=1S/C29H23BrCl2N2O7S/c1-3-40-23-11-16(10-20(30)26(23)41-15-17-6-4-5-7-21(17)31)12-24-27(36)34(29(38)42-24)14-25(35)33-18-8-9-22(32)19(13-18)28(37)39-2/h4-13H,3,14-15H2,1-2H3,(H,33,35)/b24-12+. The van der Waals surface area contributed by atoms with Crippen molar-refractivity contribution in [3.05, 3.63) is 90.7 Å². The lowest BCUT2D eigenvalue weighted by Gasteiger charge is -2.15. The Morgan fingerprint density at radius 1 is 1.05 bits per heavy atom. The maximum absolute atomic E-state index is 13.1. The van der Waals surface area contributed by atoms with E-state index >= 15 is 0 Å². The number of amides is 3. The molecule has 0 unspecified atom stereocenters. The summed E-state index contributed by atoms with van der Waals surface area (Å²) in [5.41, 5.74) is 1.68. The molecule has 3 aromatic carbocycles. The summed E-state index contributed by atoms with van der Waals surface area (Å²) in [4.78, 5) is 51.2. The highest BCUT2D eigenvalue weighted by molar-refractivity contribution is 9.10. The van der Waals surface area contributed by atoms with Crippen molar-refractivity contribution in [2.45, 2.75) is 13.5 Å². The third-order valence-corrected chi connectivity index (χ3v) is 7.98. The van der Waals surface area contributed by atoms with Gasteiger partial charge < -0.3 is 19.5 Å². The maximum atomic E-state index is 13.1. The number of hydrogen-bond acceptors (Lipinski definition) is 8. The molecule has 3 amide bonds. The van der Waals surface area contributed by atoms with Gasteiger partial charge in [0, 0.05) is 16.3 Å². The molecule has 0 bridgehead atoms. The van der Waals surface area contributed by atoms with E-state index in [9.17, 15) is 19.2 Å². The van der Waals surface area contributed by atoms with Crippen molar-refractivity contribution in [2.24, 2.45) is 0 Å². The molecular formula is C29H23BrCl2N2O7S. The summed E-state index contributed by atoms with van der Waals surface area (Å²) in [6, 6.07) is 15.0. The van der Waals surface area contributed by atoms with Crippen molar-refractivity contribution in [2.75, 3.05) is 25.6 Å². The maximum Gasteiger partial charge on any atom is 0.339 e. The van der Waals surface area contributed by atoms with E-state index in [1.54, 1.807) is 18.2 Å². The zero-order chi connectivity index (χ0) is 30.4. The summed E-state index contributed by atoms with van der Waals surface area (Å²) in [5, 5.41) is 2.68. The molecule has 9 nitrogen and oxygen atoms in total. The fourth-order valence-electron chi connectivity index (χ4n) is 3.84. The molecule has 3 aromatic rings. The van der Waals surface area contributed by atoms with Gasteiger partial charge in [0.25, 0.3) is 11.1 Å². The van der Waals surface area contributed by atoms with Crippen LogP contribution in [0.3, 0.4) is 0 Å². The first kappa shape index (κ1) is 31.4. The Bertz CT molecular complexity index is 1600. The number of hydrogen-bond donors (Lipinski definition) is 1. The van der Waals surface area contributed by atoms with E-state index in [4.69, 9.17) is 32.7 Å². The number of esters is 1. The number of nitrogens with zero attached hydrogens (tertiary/aromatic N) is 1. The van der Waals surface area contributed by atoms with Gasteiger partial charge in [0.2, 0.25) is 5.91 Å². The predicted molar refractivity (Wildman–Crippen MR) is 165 cm³/mol. The molecule has 1 fully saturated rings. The number of methoxy groups -OCH3 is 1. The van der Waals surface area contributed by atoms with Crippen molar-refractivity contribution in [3.8, 4) is 11.5 Å². The van der Waals surface area contributed by atoms with Crippen molar-refractivity contribution >= 4 is 85.7 Å². The SMILES string of the molecule is CCOc1cc(/C=C2/SC(=O)N(CC(=O)Nc3ccc(Cl)c(C(=O)OC)c3)C2=O)cc(Br)c1OCc1ccccc1Cl. The number of nitrogens with one attached hydrogen (secondary N) is 1. The Morgan fingerprint density at radius 3 is 2.52 bits per heavy atom. The Hall–Kier alpha value is -3.51. The van der Waals surface area contributed by atoms with Crippen LogP contribution in [0, 0.1) is 0 Å². The molecule has 1 saturated heterocycles. The molecule has 42 heavy (non-hydrogen) atoms. The molecule has 13 heteroatoms. The van der Waals surface area contributed by atoms with Crippen LogP contribution in [0.1, 0.15) is 28.4 Å². The minimum atomic E-state index is -0.675. The van der Waals surface area contributed by atoms with Gasteiger partial charge in [-0.1, -0.05) is 41.4 Å². The van der Waals surface area contributed by atoms with Crippen molar-refractivity contribution in [1.29, 1.82) is 0 Å². The molecule has 0 atom stereocenters. The molecule has 0 saturated carbocycles. The minimum Gasteiger partial charge on any atom is -0.490 e. The highest BCUT2D eigenvalue weighted by Gasteiger charge is 2.36. The van der Waals surface area contributed by atoms with E-state index in [1.165, 1.54) is 31.4 Å². The van der Waals surface area contributed by atoms with Gasteiger partial charge in [-0.3, -0.25) is 19.3 Å². The number of anilines is 1. The largest absolute Gasteiger partial charge is 0.490 e. The molecule has 1 aliphatic heterocycles. The van der Waals surface area contributed by atoms with Crippen molar-refractivity contribution in [3.63, 3.8) is 0 Å². The van der Waals surface area contributed by atoms with E-state index in [-0.39, 0.29) is 27.8 Å². The van der Waals surface area contributed by atoms with Crippen LogP contribution in [0.2, 0.25) is 10.0 Å². The quantitative estimate of drug-likeness (QED) is 0.175. The number of carbonyl (C=O) groups excluding carboxylic acids is 4. The average molecular weight is 694 g/mol. The van der Waals surface area contributed by atoms with Gasteiger partial charge in [0.15, 0.2) is 11.5 Å². The van der Waals surface area contributed by atoms with Gasteiger partial charge in [0.1, 0.15) is 13.2 Å². The Balaban J connectivity index is 1.48. The predicted octanol–water partition coefficient (Wildman–Crippen LogP) is 7.20. The number of carbonyl (C=O) groups is 4. The van der Waals surface area contributed by atoms with Crippen LogP contribution >= 0.6 is 50.9 Å². The van der Waals surface area contributed by atoms with Crippen LogP contribution in [0.4, 0.5) is 10.5 Å². The monoisotopic (exact) mass is 692 g/mol. The highest BCUT2D eigenvalue weighted by atomic mass is 79.9. The number of ether oxygens (including phenoxy) is 3. The summed E-state index contributed by atoms with van der Waals surface area (Å²) in [6.45, 7) is 1.87. The fraction of sp³-hybridized carbons (Fsp3) is 0.172. The van der Waals surface area contributed by atoms with Gasteiger partial charge in [0.05, 0.1) is 33.7 Å². The zero-order valence-electron chi connectivity index (χ0n) is 22.2. The molecule has 1 heterocycles. The lowest BCUT2D eigenvalue weighted by molar-refractivity contribution is -0.127. The van der Waals surface area contributed by atoms with Crippen LogP contribution in [0.5, 0.6) is 11.5 Å². The highest BCUT2D eigenvalue weighted by Crippen LogP contribution is 2.40. The average Bonchev–Trinajstić information content (AvgIpc) is 3.21. The molecule has 1 aliphatic rings. The summed E-state index contributed by atoms with van der Waals surface area (Å²) in [7, 11) is 1.21. The number of rotatable bonds is 10. The Morgan fingerprint density at radius 2 is 1.81 bits per heavy atom. The first-order valence-electron chi connectivity index (χ1n) is 12.4. The molecular weight excluding hydrogens is 671 g/mol. The third kappa shape index (κ3) is 7.46. The molecule has 0 aliphatic carbocycles. The van der Waals surface area contributed by atoms with Gasteiger partial charge in [-0.2, -0.15) is 0 Å². The second-order valence-corrected chi connectivity index (χ2v) is 11.3. The van der Waals surface area contributed by atoms with Crippen LogP contribution in [0.25, 0.3) is 6.08 Å². The van der Waals surface area contributed by atoms with Gasteiger partial charge in [-0.25, -0.2) is 4.79 Å². The summed E-state index contributed by atoms with van der Waals surface area (Å²) in [5.74, 6) is -1.06. The summed E-state index contributed by atoms with van der Waals surface area (Å²) < 4.78 is 17.0. The lowest BCUT2D eigenvalue weighted by atomic mass is 10.1. The van der Waals surface area contributed by atoms with Crippen molar-refractivity contribution in [1.82, 2.24) is 4.90 Å². The first-order chi connectivity index (χ1) is 20.1. The van der Waals surface area contributed by atoms with Crippen LogP contribution < -0.4 is 14.8 Å². The summed E-state index contributed by atoms with van der Waals surface area (Å²) in [6.07, 6.45) is 1.54. The normalized spacial score (nSPS) is 13.8. The molecule has 0 spiro atoms. The van der Waals surface area contributed by atoms with Gasteiger partial charge >= 0.3 is 5.97 Å². The molecule has 218 valence electrons. The van der Waals surface area contributed by atoms with E-state index in [0.29, 0.717) is 44.9 Å². The third-order valence-electron chi connectivity index (χ3n) is 5.79. The number of benzene rings is 3. The van der Waals surface area contributed by atoms with E-state index in [2.05, 4.69) is 26.0 Å². The minimum absolute atomic E-state index is 0.0592. The second kappa shape index (κ2) is 14.1. The topological polar surface area (TPSA) is 111 Å². The molecule has 1 N–H and O–H groups in total. The molecule has 4 rings (SSSR count). The summed E-state index contributed by atoms with van der Waals surface area (Å²) >= 11 is 16.5. The van der Waals surface area contributed by atoms with Gasteiger partial charge in [-0.05, 0) is 82.7 Å². The molecule has 0 aromatic heterocycles. The van der Waals surface area contributed by atoms with Crippen LogP contribution in [0.15, 0.2) is 64.0 Å². The number of imide groups is 1. The van der Waals surface area contributed by atoms with Crippen LogP contribution in [-0.2, 0) is 20.9 Å². The number of thioether (sulfide) groups is 1. The fourth-order valence-corrected chi connectivity index (χ4v) is 5.64. The lowest BCUT2D eigenvalue weighted by Crippen LogP contribution is -2.36. The van der Waals surface area contributed by atoms with Gasteiger partial charge in [-0.15, -0.1) is 0 Å². The smallest absolute Gasteiger partial charge is 0.339 e.